The highest BCUT2D eigenvalue weighted by Gasteiger charge is 2.44. The molecule has 1 aromatic heterocycles. The number of hydrogen-bond donors (Lipinski definition) is 0. The third-order valence-corrected chi connectivity index (χ3v) is 7.55. The summed E-state index contributed by atoms with van der Waals surface area (Å²) in [5.74, 6) is 0.739. The quantitative estimate of drug-likeness (QED) is 0.387. The summed E-state index contributed by atoms with van der Waals surface area (Å²) in [6.07, 6.45) is 5.38. The van der Waals surface area contributed by atoms with Crippen LogP contribution >= 0.6 is 11.8 Å². The van der Waals surface area contributed by atoms with Gasteiger partial charge >= 0.3 is 0 Å². The Labute approximate surface area is 187 Å². The SMILES string of the molecule is COc1cccc(-n2c(SC(C)C)nc3c(c2=O)C2(CCCC2)Cc2ccccc2-3)c1. The Balaban J connectivity index is 1.84. The van der Waals surface area contributed by atoms with E-state index in [9.17, 15) is 4.79 Å². The lowest BCUT2D eigenvalue weighted by molar-refractivity contribution is 0.413. The van der Waals surface area contributed by atoms with Crippen molar-refractivity contribution in [2.75, 3.05) is 7.11 Å². The summed E-state index contributed by atoms with van der Waals surface area (Å²) in [6.45, 7) is 4.27. The van der Waals surface area contributed by atoms with Crippen molar-refractivity contribution in [3.05, 3.63) is 70.0 Å². The maximum Gasteiger partial charge on any atom is 0.263 e. The van der Waals surface area contributed by atoms with Gasteiger partial charge in [-0.3, -0.25) is 9.36 Å². The van der Waals surface area contributed by atoms with E-state index in [0.717, 1.165) is 52.7 Å². The van der Waals surface area contributed by atoms with E-state index in [2.05, 4.69) is 38.1 Å². The molecule has 0 atom stereocenters. The smallest absolute Gasteiger partial charge is 0.263 e. The number of ether oxygens (including phenoxy) is 1. The van der Waals surface area contributed by atoms with Crippen LogP contribution in [0.2, 0.25) is 0 Å². The average molecular weight is 433 g/mol. The Hall–Kier alpha value is -2.53. The zero-order valence-corrected chi connectivity index (χ0v) is 19.2. The molecule has 1 fully saturated rings. The minimum atomic E-state index is -0.102. The van der Waals surface area contributed by atoms with Gasteiger partial charge in [-0.2, -0.15) is 0 Å². The lowest BCUT2D eigenvalue weighted by Crippen LogP contribution is -2.40. The monoisotopic (exact) mass is 432 g/mol. The third kappa shape index (κ3) is 3.39. The van der Waals surface area contributed by atoms with Gasteiger partial charge in [0.25, 0.3) is 5.56 Å². The number of nitrogens with zero attached hydrogens (tertiary/aromatic N) is 2. The first-order valence-electron chi connectivity index (χ1n) is 11.1. The molecule has 4 nitrogen and oxygen atoms in total. The molecular weight excluding hydrogens is 404 g/mol. The molecule has 2 aromatic carbocycles. The molecule has 2 aliphatic rings. The fraction of sp³-hybridized carbons (Fsp3) is 0.385. The van der Waals surface area contributed by atoms with Gasteiger partial charge in [-0.15, -0.1) is 0 Å². The van der Waals surface area contributed by atoms with Gasteiger partial charge in [0.05, 0.1) is 24.1 Å². The van der Waals surface area contributed by atoms with Crippen LogP contribution in [0, 0.1) is 0 Å². The molecule has 0 bridgehead atoms. The van der Waals surface area contributed by atoms with E-state index in [1.54, 1.807) is 18.9 Å². The lowest BCUT2D eigenvalue weighted by Gasteiger charge is -2.36. The van der Waals surface area contributed by atoms with E-state index in [0.29, 0.717) is 5.25 Å². The van der Waals surface area contributed by atoms with Crippen molar-refractivity contribution in [1.82, 2.24) is 9.55 Å². The van der Waals surface area contributed by atoms with E-state index >= 15 is 0 Å². The summed E-state index contributed by atoms with van der Waals surface area (Å²) in [5, 5.41) is 1.05. The van der Waals surface area contributed by atoms with Gasteiger partial charge in [0.15, 0.2) is 5.16 Å². The molecule has 0 aliphatic heterocycles. The summed E-state index contributed by atoms with van der Waals surface area (Å²) < 4.78 is 7.27. The maximum atomic E-state index is 14.3. The first-order chi connectivity index (χ1) is 15.0. The predicted molar refractivity (Wildman–Crippen MR) is 127 cm³/mol. The Morgan fingerprint density at radius 2 is 1.87 bits per heavy atom. The largest absolute Gasteiger partial charge is 0.497 e. The molecule has 1 spiro atoms. The Kier molecular flexibility index (Phi) is 5.17. The van der Waals surface area contributed by atoms with Crippen LogP contribution in [0.1, 0.15) is 50.7 Å². The van der Waals surface area contributed by atoms with Gasteiger partial charge in [0.1, 0.15) is 5.75 Å². The number of thioether (sulfide) groups is 1. The van der Waals surface area contributed by atoms with Crippen LogP contribution in [0.25, 0.3) is 16.9 Å². The molecule has 160 valence electrons. The second-order valence-corrected chi connectivity index (χ2v) is 10.5. The van der Waals surface area contributed by atoms with Gasteiger partial charge < -0.3 is 4.74 Å². The number of methoxy groups -OCH3 is 1. The molecule has 0 saturated heterocycles. The van der Waals surface area contributed by atoms with E-state index in [4.69, 9.17) is 9.72 Å². The van der Waals surface area contributed by atoms with Crippen LogP contribution in [0.15, 0.2) is 58.5 Å². The molecule has 5 rings (SSSR count). The van der Waals surface area contributed by atoms with Crippen molar-refractivity contribution >= 4 is 11.8 Å². The van der Waals surface area contributed by atoms with Crippen LogP contribution in [-0.2, 0) is 11.8 Å². The Morgan fingerprint density at radius 1 is 1.10 bits per heavy atom. The summed E-state index contributed by atoms with van der Waals surface area (Å²) in [4.78, 5) is 19.4. The second kappa shape index (κ2) is 7.86. The molecular formula is C26H28N2O2S. The average Bonchev–Trinajstić information content (AvgIpc) is 3.21. The highest BCUT2D eigenvalue weighted by Crippen LogP contribution is 2.50. The molecule has 1 saturated carbocycles. The first kappa shape index (κ1) is 20.4. The van der Waals surface area contributed by atoms with E-state index in [1.165, 1.54) is 18.4 Å². The van der Waals surface area contributed by atoms with Gasteiger partial charge in [-0.1, -0.05) is 68.8 Å². The van der Waals surface area contributed by atoms with Gasteiger partial charge in [-0.05, 0) is 37.0 Å². The molecule has 2 aliphatic carbocycles. The topological polar surface area (TPSA) is 44.1 Å². The molecule has 31 heavy (non-hydrogen) atoms. The number of fused-ring (bicyclic) bond motifs is 4. The molecule has 0 radical (unpaired) electrons. The molecule has 1 heterocycles. The molecule has 0 N–H and O–H groups in total. The van der Waals surface area contributed by atoms with E-state index in [-0.39, 0.29) is 11.0 Å². The zero-order valence-electron chi connectivity index (χ0n) is 18.4. The van der Waals surface area contributed by atoms with Gasteiger partial charge in [0, 0.05) is 22.3 Å². The second-order valence-electron chi connectivity index (χ2n) is 8.95. The summed E-state index contributed by atoms with van der Waals surface area (Å²) in [7, 11) is 1.65. The number of hydrogen-bond acceptors (Lipinski definition) is 4. The molecule has 3 aromatic rings. The zero-order chi connectivity index (χ0) is 21.6. The van der Waals surface area contributed by atoms with Crippen LogP contribution in [0.4, 0.5) is 0 Å². The summed E-state index contributed by atoms with van der Waals surface area (Å²) >= 11 is 1.64. The Morgan fingerprint density at radius 3 is 2.61 bits per heavy atom. The van der Waals surface area contributed by atoms with Gasteiger partial charge in [0.2, 0.25) is 0 Å². The fourth-order valence-electron chi connectivity index (χ4n) is 5.28. The van der Waals surface area contributed by atoms with Crippen LogP contribution in [-0.4, -0.2) is 21.9 Å². The van der Waals surface area contributed by atoms with E-state index < -0.39 is 0 Å². The van der Waals surface area contributed by atoms with Gasteiger partial charge in [-0.25, -0.2) is 4.98 Å². The minimum Gasteiger partial charge on any atom is -0.497 e. The van der Waals surface area contributed by atoms with E-state index in [1.807, 2.05) is 28.8 Å². The fourth-order valence-corrected chi connectivity index (χ4v) is 6.14. The summed E-state index contributed by atoms with van der Waals surface area (Å²) in [5.41, 5.74) is 5.05. The molecule has 0 amide bonds. The lowest BCUT2D eigenvalue weighted by atomic mass is 9.68. The van der Waals surface area contributed by atoms with Crippen molar-refractivity contribution in [3.8, 4) is 22.7 Å². The minimum absolute atomic E-state index is 0.0813. The standard InChI is InChI=1S/C26H28N2O2S/c1-17(2)31-25-27-23-21-12-5-4-9-18(21)16-26(13-6-7-14-26)22(23)24(29)28(25)19-10-8-11-20(15-19)30-3/h4-5,8-12,15,17H,6-7,13-14,16H2,1-3H3. The molecule has 0 unspecified atom stereocenters. The van der Waals surface area contributed by atoms with Crippen molar-refractivity contribution in [3.63, 3.8) is 0 Å². The van der Waals surface area contributed by atoms with Crippen LogP contribution in [0.3, 0.4) is 0 Å². The first-order valence-corrected chi connectivity index (χ1v) is 12.0. The summed E-state index contributed by atoms with van der Waals surface area (Å²) in [6, 6.07) is 16.2. The van der Waals surface area contributed by atoms with Crippen molar-refractivity contribution in [2.45, 2.75) is 61.8 Å². The third-order valence-electron chi connectivity index (χ3n) is 6.60. The van der Waals surface area contributed by atoms with Crippen molar-refractivity contribution in [2.24, 2.45) is 0 Å². The predicted octanol–water partition coefficient (Wildman–Crippen LogP) is 5.78. The van der Waals surface area contributed by atoms with Crippen LogP contribution in [0.5, 0.6) is 5.75 Å². The molecule has 5 heteroatoms. The maximum absolute atomic E-state index is 14.3. The number of aromatic nitrogens is 2. The highest BCUT2D eigenvalue weighted by atomic mass is 32.2. The van der Waals surface area contributed by atoms with Crippen molar-refractivity contribution in [1.29, 1.82) is 0 Å². The number of rotatable bonds is 4. The highest BCUT2D eigenvalue weighted by molar-refractivity contribution is 7.99. The number of benzene rings is 2. The van der Waals surface area contributed by atoms with Crippen molar-refractivity contribution < 1.29 is 4.74 Å². The van der Waals surface area contributed by atoms with Crippen LogP contribution < -0.4 is 10.3 Å². The normalized spacial score (nSPS) is 16.4. The Bertz CT molecular complexity index is 1190.